The standard InChI is InChI=1S/C14H13BrClFN4/c1-3-11-13-14(20(2)19-11)21(12(7-16)18-13)8-4-5-9(15)10(17)6-8/h4-6H,3,7H2,1-2H3. The van der Waals surface area contributed by atoms with Crippen molar-refractivity contribution in [2.24, 2.45) is 7.05 Å². The number of benzene rings is 1. The molecule has 0 N–H and O–H groups in total. The number of alkyl halides is 1. The van der Waals surface area contributed by atoms with E-state index in [-0.39, 0.29) is 11.7 Å². The van der Waals surface area contributed by atoms with Crippen LogP contribution in [0.5, 0.6) is 0 Å². The van der Waals surface area contributed by atoms with Crippen molar-refractivity contribution in [3.63, 3.8) is 0 Å². The molecule has 4 nitrogen and oxygen atoms in total. The van der Waals surface area contributed by atoms with E-state index in [0.29, 0.717) is 16.0 Å². The molecule has 3 rings (SSSR count). The first kappa shape index (κ1) is 14.5. The van der Waals surface area contributed by atoms with Crippen LogP contribution >= 0.6 is 27.5 Å². The van der Waals surface area contributed by atoms with Gasteiger partial charge in [0, 0.05) is 7.05 Å². The van der Waals surface area contributed by atoms with Gasteiger partial charge in [-0.05, 0) is 40.5 Å². The predicted molar refractivity (Wildman–Crippen MR) is 84.4 cm³/mol. The van der Waals surface area contributed by atoms with Crippen molar-refractivity contribution >= 4 is 38.7 Å². The number of halogens is 3. The molecule has 0 radical (unpaired) electrons. The van der Waals surface area contributed by atoms with E-state index in [2.05, 4.69) is 26.0 Å². The van der Waals surface area contributed by atoms with Crippen molar-refractivity contribution in [3.8, 4) is 5.69 Å². The van der Waals surface area contributed by atoms with Crippen molar-refractivity contribution in [2.45, 2.75) is 19.2 Å². The van der Waals surface area contributed by atoms with Crippen LogP contribution in [-0.2, 0) is 19.3 Å². The summed E-state index contributed by atoms with van der Waals surface area (Å²) in [6.45, 7) is 2.03. The van der Waals surface area contributed by atoms with Gasteiger partial charge < -0.3 is 0 Å². The number of rotatable bonds is 3. The molecule has 7 heteroatoms. The van der Waals surface area contributed by atoms with Crippen molar-refractivity contribution in [2.75, 3.05) is 0 Å². The molecule has 0 amide bonds. The Hall–Kier alpha value is -1.40. The fraction of sp³-hybridized carbons (Fsp3) is 0.286. The third-order valence-corrected chi connectivity index (χ3v) is 4.27. The van der Waals surface area contributed by atoms with Crippen molar-refractivity contribution in [1.29, 1.82) is 0 Å². The minimum Gasteiger partial charge on any atom is -0.280 e. The van der Waals surface area contributed by atoms with Gasteiger partial charge in [-0.3, -0.25) is 4.57 Å². The molecule has 3 aromatic rings. The molecule has 110 valence electrons. The van der Waals surface area contributed by atoms with Crippen molar-refractivity contribution in [1.82, 2.24) is 19.3 Å². The van der Waals surface area contributed by atoms with Gasteiger partial charge in [-0.2, -0.15) is 5.10 Å². The zero-order valence-corrected chi connectivity index (χ0v) is 13.9. The Balaban J connectivity index is 2.34. The SMILES string of the molecule is CCc1nn(C)c2c1nc(CCl)n2-c1ccc(Br)c(F)c1. The van der Waals surface area contributed by atoms with E-state index in [9.17, 15) is 4.39 Å². The Morgan fingerprint density at radius 3 is 2.76 bits per heavy atom. The molecule has 0 unspecified atom stereocenters. The molecule has 0 spiro atoms. The van der Waals surface area contributed by atoms with Crippen LogP contribution in [0, 0.1) is 5.82 Å². The van der Waals surface area contributed by atoms with Gasteiger partial charge in [0.1, 0.15) is 17.2 Å². The number of imidazole rings is 1. The molecule has 21 heavy (non-hydrogen) atoms. The Morgan fingerprint density at radius 2 is 2.14 bits per heavy atom. The highest BCUT2D eigenvalue weighted by Crippen LogP contribution is 2.27. The molecule has 0 saturated heterocycles. The summed E-state index contributed by atoms with van der Waals surface area (Å²) >= 11 is 9.18. The normalized spacial score (nSPS) is 11.5. The lowest BCUT2D eigenvalue weighted by molar-refractivity contribution is 0.619. The van der Waals surface area contributed by atoms with E-state index in [4.69, 9.17) is 11.6 Å². The minimum absolute atomic E-state index is 0.246. The third kappa shape index (κ3) is 2.26. The van der Waals surface area contributed by atoms with Crippen molar-refractivity contribution < 1.29 is 4.39 Å². The molecule has 2 aromatic heterocycles. The summed E-state index contributed by atoms with van der Waals surface area (Å²) in [5, 5.41) is 4.46. The molecule has 0 saturated carbocycles. The van der Waals surface area contributed by atoms with Crippen LogP contribution in [0.25, 0.3) is 16.9 Å². The quantitative estimate of drug-likeness (QED) is 0.653. The smallest absolute Gasteiger partial charge is 0.163 e. The van der Waals surface area contributed by atoms with Crippen LogP contribution in [0.2, 0.25) is 0 Å². The summed E-state index contributed by atoms with van der Waals surface area (Å²) in [6, 6.07) is 4.95. The summed E-state index contributed by atoms with van der Waals surface area (Å²) in [6.07, 6.45) is 0.783. The van der Waals surface area contributed by atoms with Gasteiger partial charge in [0.15, 0.2) is 5.65 Å². The van der Waals surface area contributed by atoms with Crippen LogP contribution in [0.1, 0.15) is 18.4 Å². The van der Waals surface area contributed by atoms with E-state index in [1.165, 1.54) is 6.07 Å². The van der Waals surface area contributed by atoms with Gasteiger partial charge in [0.2, 0.25) is 0 Å². The lowest BCUT2D eigenvalue weighted by Gasteiger charge is -2.09. The Labute approximate surface area is 134 Å². The fourth-order valence-electron chi connectivity index (χ4n) is 2.45. The zero-order valence-electron chi connectivity index (χ0n) is 11.6. The summed E-state index contributed by atoms with van der Waals surface area (Å²) < 4.78 is 17.9. The average molecular weight is 372 g/mol. The first-order chi connectivity index (χ1) is 10.1. The lowest BCUT2D eigenvalue weighted by atomic mass is 10.3. The predicted octanol–water partition coefficient (Wildman–Crippen LogP) is 3.96. The number of aryl methyl sites for hydroxylation is 2. The zero-order chi connectivity index (χ0) is 15.1. The number of nitrogens with zero attached hydrogens (tertiary/aromatic N) is 4. The van der Waals surface area contributed by atoms with Crippen LogP contribution in [-0.4, -0.2) is 19.3 Å². The van der Waals surface area contributed by atoms with Gasteiger partial charge in [-0.1, -0.05) is 6.92 Å². The van der Waals surface area contributed by atoms with E-state index in [1.54, 1.807) is 10.7 Å². The van der Waals surface area contributed by atoms with E-state index in [1.807, 2.05) is 24.6 Å². The van der Waals surface area contributed by atoms with Crippen LogP contribution in [0.15, 0.2) is 22.7 Å². The highest BCUT2D eigenvalue weighted by atomic mass is 79.9. The molecule has 0 atom stereocenters. The molecule has 0 aliphatic rings. The summed E-state index contributed by atoms with van der Waals surface area (Å²) in [7, 11) is 1.85. The van der Waals surface area contributed by atoms with Crippen LogP contribution in [0.4, 0.5) is 4.39 Å². The van der Waals surface area contributed by atoms with Crippen LogP contribution < -0.4 is 0 Å². The molecule has 0 aliphatic heterocycles. The number of fused-ring (bicyclic) bond motifs is 1. The highest BCUT2D eigenvalue weighted by Gasteiger charge is 2.19. The topological polar surface area (TPSA) is 35.6 Å². The largest absolute Gasteiger partial charge is 0.280 e. The van der Waals surface area contributed by atoms with Crippen molar-refractivity contribution in [3.05, 3.63) is 40.0 Å². The molecule has 2 heterocycles. The van der Waals surface area contributed by atoms with Gasteiger partial charge in [-0.25, -0.2) is 14.1 Å². The Morgan fingerprint density at radius 1 is 1.38 bits per heavy atom. The first-order valence-electron chi connectivity index (χ1n) is 6.51. The molecule has 0 bridgehead atoms. The summed E-state index contributed by atoms with van der Waals surface area (Å²) in [5.74, 6) is 0.596. The maximum atomic E-state index is 13.8. The third-order valence-electron chi connectivity index (χ3n) is 3.39. The van der Waals surface area contributed by atoms with Gasteiger partial charge >= 0.3 is 0 Å². The second-order valence-corrected chi connectivity index (χ2v) is 5.81. The van der Waals surface area contributed by atoms with Gasteiger partial charge in [0.05, 0.1) is 21.7 Å². The number of hydrogen-bond acceptors (Lipinski definition) is 2. The van der Waals surface area contributed by atoms with Gasteiger partial charge in [0.25, 0.3) is 0 Å². The number of hydrogen-bond donors (Lipinski definition) is 0. The van der Waals surface area contributed by atoms with Gasteiger partial charge in [-0.15, -0.1) is 11.6 Å². The van der Waals surface area contributed by atoms with E-state index < -0.39 is 0 Å². The second-order valence-electron chi connectivity index (χ2n) is 4.69. The Kier molecular flexibility index (Phi) is 3.75. The summed E-state index contributed by atoms with van der Waals surface area (Å²) in [4.78, 5) is 4.56. The minimum atomic E-state index is -0.326. The fourth-order valence-corrected chi connectivity index (χ4v) is 2.87. The maximum Gasteiger partial charge on any atom is 0.163 e. The molecular formula is C14H13BrClFN4. The molecule has 0 aliphatic carbocycles. The lowest BCUT2D eigenvalue weighted by Crippen LogP contribution is -2.04. The monoisotopic (exact) mass is 370 g/mol. The second kappa shape index (κ2) is 5.42. The van der Waals surface area contributed by atoms with Crippen LogP contribution in [0.3, 0.4) is 0 Å². The Bertz CT molecular complexity index is 824. The molecule has 0 fully saturated rings. The van der Waals surface area contributed by atoms with E-state index in [0.717, 1.165) is 23.3 Å². The first-order valence-corrected chi connectivity index (χ1v) is 7.84. The molecule has 1 aromatic carbocycles. The summed E-state index contributed by atoms with van der Waals surface area (Å²) in [5.41, 5.74) is 3.23. The number of aromatic nitrogens is 4. The maximum absolute atomic E-state index is 13.8. The molecular weight excluding hydrogens is 359 g/mol. The van der Waals surface area contributed by atoms with E-state index >= 15 is 0 Å². The average Bonchev–Trinajstić information content (AvgIpc) is 2.99. The highest BCUT2D eigenvalue weighted by molar-refractivity contribution is 9.10.